The van der Waals surface area contributed by atoms with Gasteiger partial charge in [-0.3, -0.25) is 4.79 Å². The monoisotopic (exact) mass is 324 g/mol. The molecule has 0 radical (unpaired) electrons. The van der Waals surface area contributed by atoms with Crippen LogP contribution in [0.4, 0.5) is 0 Å². The minimum absolute atomic E-state index is 0.250. The molecular formula is C20H24N2O2. The summed E-state index contributed by atoms with van der Waals surface area (Å²) in [5, 5.41) is 3.27. The second kappa shape index (κ2) is 7.97. The molecule has 4 nitrogen and oxygen atoms in total. The van der Waals surface area contributed by atoms with Crippen molar-refractivity contribution < 1.29 is 9.53 Å². The Morgan fingerprint density at radius 3 is 2.54 bits per heavy atom. The van der Waals surface area contributed by atoms with Gasteiger partial charge >= 0.3 is 0 Å². The predicted molar refractivity (Wildman–Crippen MR) is 95.5 cm³/mol. The van der Waals surface area contributed by atoms with Crippen molar-refractivity contribution in [3.8, 4) is 11.5 Å². The van der Waals surface area contributed by atoms with Crippen LogP contribution in [0.5, 0.6) is 11.5 Å². The van der Waals surface area contributed by atoms with Crippen molar-refractivity contribution in [2.24, 2.45) is 0 Å². The lowest BCUT2D eigenvalue weighted by Gasteiger charge is -2.27. The number of ether oxygens (including phenoxy) is 1. The number of nitrogens with one attached hydrogen (secondary N) is 1. The number of carbonyl (C=O) groups excluding carboxylic acids is 1. The lowest BCUT2D eigenvalue weighted by molar-refractivity contribution is -0.131. The fraction of sp³-hybridized carbons (Fsp3) is 0.350. The summed E-state index contributed by atoms with van der Waals surface area (Å²) in [4.78, 5) is 14.2. The summed E-state index contributed by atoms with van der Waals surface area (Å²) >= 11 is 0. The van der Waals surface area contributed by atoms with Gasteiger partial charge in [0.05, 0.1) is 0 Å². The molecule has 2 aromatic carbocycles. The molecule has 0 saturated carbocycles. The van der Waals surface area contributed by atoms with Gasteiger partial charge in [-0.25, -0.2) is 0 Å². The molecule has 1 N–H and O–H groups in total. The van der Waals surface area contributed by atoms with Crippen molar-refractivity contribution in [3.63, 3.8) is 0 Å². The van der Waals surface area contributed by atoms with Crippen LogP contribution in [0, 0.1) is 6.92 Å². The van der Waals surface area contributed by atoms with E-state index in [0.717, 1.165) is 49.7 Å². The maximum atomic E-state index is 12.3. The van der Waals surface area contributed by atoms with Crippen LogP contribution >= 0.6 is 0 Å². The molecular weight excluding hydrogens is 300 g/mol. The molecule has 0 spiro atoms. The van der Waals surface area contributed by atoms with E-state index in [1.807, 2.05) is 47.4 Å². The van der Waals surface area contributed by atoms with Gasteiger partial charge in [-0.2, -0.15) is 0 Å². The minimum atomic E-state index is 0.250. The summed E-state index contributed by atoms with van der Waals surface area (Å²) in [6.45, 7) is 5.51. The zero-order chi connectivity index (χ0) is 16.8. The smallest absolute Gasteiger partial charge is 0.222 e. The zero-order valence-corrected chi connectivity index (χ0v) is 14.1. The first kappa shape index (κ1) is 16.5. The average molecular weight is 324 g/mol. The Labute approximate surface area is 143 Å². The molecule has 1 heterocycles. The second-order valence-electron chi connectivity index (χ2n) is 6.13. The molecule has 0 atom stereocenters. The first-order valence-corrected chi connectivity index (χ1v) is 8.53. The third kappa shape index (κ3) is 4.36. The lowest BCUT2D eigenvalue weighted by atomic mass is 10.0. The third-order valence-electron chi connectivity index (χ3n) is 4.37. The number of hydrogen-bond donors (Lipinski definition) is 1. The first-order chi connectivity index (χ1) is 11.7. The van der Waals surface area contributed by atoms with E-state index in [1.165, 1.54) is 5.56 Å². The number of rotatable bonds is 5. The van der Waals surface area contributed by atoms with Crippen molar-refractivity contribution >= 4 is 5.91 Å². The maximum absolute atomic E-state index is 12.3. The van der Waals surface area contributed by atoms with E-state index < -0.39 is 0 Å². The summed E-state index contributed by atoms with van der Waals surface area (Å²) in [6.07, 6.45) is 1.35. The number of para-hydroxylation sites is 1. The van der Waals surface area contributed by atoms with Gasteiger partial charge in [0.25, 0.3) is 0 Å². The van der Waals surface area contributed by atoms with E-state index in [-0.39, 0.29) is 5.91 Å². The summed E-state index contributed by atoms with van der Waals surface area (Å²) < 4.78 is 5.85. The Kier molecular flexibility index (Phi) is 5.49. The van der Waals surface area contributed by atoms with Gasteiger partial charge < -0.3 is 15.0 Å². The van der Waals surface area contributed by atoms with Crippen molar-refractivity contribution in [3.05, 3.63) is 59.7 Å². The van der Waals surface area contributed by atoms with E-state index in [4.69, 9.17) is 4.74 Å². The predicted octanol–water partition coefficient (Wildman–Crippen LogP) is 3.15. The number of benzene rings is 2. The van der Waals surface area contributed by atoms with Crippen LogP contribution in [0.2, 0.25) is 0 Å². The molecule has 0 aliphatic carbocycles. The van der Waals surface area contributed by atoms with Gasteiger partial charge in [0.1, 0.15) is 11.5 Å². The molecule has 3 rings (SSSR count). The molecule has 1 fully saturated rings. The topological polar surface area (TPSA) is 41.6 Å². The zero-order valence-electron chi connectivity index (χ0n) is 14.1. The number of carbonyl (C=O) groups is 1. The standard InChI is InChI=1S/C20H24N2O2/c1-16-15-19(24-18-5-3-2-4-6-18)9-7-17(16)8-10-20(23)22-13-11-21-12-14-22/h2-7,9,15,21H,8,10-14H2,1H3. The molecule has 126 valence electrons. The third-order valence-corrected chi connectivity index (χ3v) is 4.37. The highest BCUT2D eigenvalue weighted by Crippen LogP contribution is 2.24. The largest absolute Gasteiger partial charge is 0.457 e. The molecule has 0 aromatic heterocycles. The van der Waals surface area contributed by atoms with Gasteiger partial charge in [0.15, 0.2) is 0 Å². The average Bonchev–Trinajstić information content (AvgIpc) is 2.62. The van der Waals surface area contributed by atoms with Gasteiger partial charge in [0, 0.05) is 32.6 Å². The number of aryl methyl sites for hydroxylation is 2. The Hall–Kier alpha value is -2.33. The normalized spacial score (nSPS) is 14.5. The van der Waals surface area contributed by atoms with Gasteiger partial charge in [0.2, 0.25) is 5.91 Å². The van der Waals surface area contributed by atoms with Crippen LogP contribution in [0.3, 0.4) is 0 Å². The SMILES string of the molecule is Cc1cc(Oc2ccccc2)ccc1CCC(=O)N1CCNCC1. The Morgan fingerprint density at radius 1 is 1.08 bits per heavy atom. The van der Waals surface area contributed by atoms with Gasteiger partial charge in [-0.05, 0) is 48.7 Å². The van der Waals surface area contributed by atoms with E-state index in [9.17, 15) is 4.79 Å². The van der Waals surface area contributed by atoms with Crippen LogP contribution in [-0.4, -0.2) is 37.0 Å². The number of nitrogens with zero attached hydrogens (tertiary/aromatic N) is 1. The Balaban J connectivity index is 1.57. The van der Waals surface area contributed by atoms with Crippen LogP contribution in [0.15, 0.2) is 48.5 Å². The van der Waals surface area contributed by atoms with Crippen molar-refractivity contribution in [2.45, 2.75) is 19.8 Å². The quantitative estimate of drug-likeness (QED) is 0.918. The minimum Gasteiger partial charge on any atom is -0.457 e. The summed E-state index contributed by atoms with van der Waals surface area (Å²) in [7, 11) is 0. The number of piperazine rings is 1. The number of hydrogen-bond acceptors (Lipinski definition) is 3. The molecule has 24 heavy (non-hydrogen) atoms. The molecule has 1 amide bonds. The van der Waals surface area contributed by atoms with Crippen molar-refractivity contribution in [1.29, 1.82) is 0 Å². The van der Waals surface area contributed by atoms with Gasteiger partial charge in [-0.15, -0.1) is 0 Å². The van der Waals surface area contributed by atoms with Crippen LogP contribution in [-0.2, 0) is 11.2 Å². The molecule has 2 aromatic rings. The second-order valence-corrected chi connectivity index (χ2v) is 6.13. The summed E-state index contributed by atoms with van der Waals surface area (Å²) in [6, 6.07) is 15.8. The Bertz CT molecular complexity index is 679. The van der Waals surface area contributed by atoms with E-state index >= 15 is 0 Å². The van der Waals surface area contributed by atoms with Crippen LogP contribution < -0.4 is 10.1 Å². The lowest BCUT2D eigenvalue weighted by Crippen LogP contribution is -2.46. The van der Waals surface area contributed by atoms with Crippen molar-refractivity contribution in [2.75, 3.05) is 26.2 Å². The fourth-order valence-corrected chi connectivity index (χ4v) is 2.95. The van der Waals surface area contributed by atoms with E-state index in [0.29, 0.717) is 6.42 Å². The molecule has 1 aliphatic rings. The van der Waals surface area contributed by atoms with Crippen LogP contribution in [0.1, 0.15) is 17.5 Å². The first-order valence-electron chi connectivity index (χ1n) is 8.53. The molecule has 4 heteroatoms. The van der Waals surface area contributed by atoms with E-state index in [1.54, 1.807) is 0 Å². The van der Waals surface area contributed by atoms with Crippen LogP contribution in [0.25, 0.3) is 0 Å². The molecule has 1 aliphatic heterocycles. The fourth-order valence-electron chi connectivity index (χ4n) is 2.95. The van der Waals surface area contributed by atoms with Gasteiger partial charge in [-0.1, -0.05) is 24.3 Å². The highest BCUT2D eigenvalue weighted by atomic mass is 16.5. The molecule has 0 bridgehead atoms. The number of amides is 1. The highest BCUT2D eigenvalue weighted by molar-refractivity contribution is 5.76. The van der Waals surface area contributed by atoms with E-state index in [2.05, 4.69) is 18.3 Å². The molecule has 0 unspecified atom stereocenters. The highest BCUT2D eigenvalue weighted by Gasteiger charge is 2.16. The summed E-state index contributed by atoms with van der Waals surface area (Å²) in [5.41, 5.74) is 2.37. The Morgan fingerprint density at radius 2 is 1.83 bits per heavy atom. The summed E-state index contributed by atoms with van der Waals surface area (Å²) in [5.74, 6) is 1.91. The maximum Gasteiger partial charge on any atom is 0.222 e. The molecule has 1 saturated heterocycles. The van der Waals surface area contributed by atoms with Crippen molar-refractivity contribution in [1.82, 2.24) is 10.2 Å².